The van der Waals surface area contributed by atoms with Crippen molar-refractivity contribution in [2.75, 3.05) is 80.6 Å². The van der Waals surface area contributed by atoms with E-state index in [4.69, 9.17) is 15.9 Å². The zero-order valence-corrected chi connectivity index (χ0v) is 43.4. The molecule has 1 aromatic heterocycles. The third-order valence-corrected chi connectivity index (χ3v) is 13.0. The number of amides is 5. The number of nitrogens with two attached hydrogens (primary N) is 1. The summed E-state index contributed by atoms with van der Waals surface area (Å²) in [5, 5.41) is 28.7. The van der Waals surface area contributed by atoms with Crippen molar-refractivity contribution in [2.45, 2.75) is 65.2 Å². The molecule has 0 aliphatic carbocycles. The predicted octanol–water partition coefficient (Wildman–Crippen LogP) is 3.77. The molecular formula is C57H62N8O12. The van der Waals surface area contributed by atoms with Crippen molar-refractivity contribution in [1.82, 2.24) is 14.8 Å². The van der Waals surface area contributed by atoms with Crippen molar-refractivity contribution in [2.24, 2.45) is 0 Å². The Morgan fingerprint density at radius 2 is 1.19 bits per heavy atom. The minimum absolute atomic E-state index is 0.0179. The monoisotopic (exact) mass is 1050 g/mol. The second-order valence-corrected chi connectivity index (χ2v) is 19.4. The first-order valence-corrected chi connectivity index (χ1v) is 25.0. The average molecular weight is 1050 g/mol. The minimum Gasteiger partial charge on any atom is -0.458 e. The number of aromatic amines is 1. The summed E-state index contributed by atoms with van der Waals surface area (Å²) >= 11 is 0. The highest BCUT2D eigenvalue weighted by Gasteiger charge is 2.30. The Morgan fingerprint density at radius 3 is 1.73 bits per heavy atom. The molecule has 0 fully saturated rings. The third kappa shape index (κ3) is 14.8. The maximum atomic E-state index is 13.3. The average Bonchev–Trinajstić information content (AvgIpc) is 4.18. The first-order valence-electron chi connectivity index (χ1n) is 25.0. The molecule has 0 radical (unpaired) electrons. The number of ketones is 3. The van der Waals surface area contributed by atoms with E-state index in [-0.39, 0.29) is 72.8 Å². The minimum atomic E-state index is -0.510. The summed E-state index contributed by atoms with van der Waals surface area (Å²) in [6.45, 7) is 4.24. The molecule has 20 nitrogen and oxygen atoms in total. The molecule has 5 aromatic rings. The molecule has 0 spiro atoms. The number of hydrogen-bond donors (Lipinski definition) is 8. The van der Waals surface area contributed by atoms with Crippen LogP contribution in [0.4, 0.5) is 28.4 Å². The van der Waals surface area contributed by atoms with E-state index in [2.05, 4.69) is 35.9 Å². The molecule has 9 N–H and O–H groups in total. The van der Waals surface area contributed by atoms with E-state index in [9.17, 15) is 43.2 Å². The SMILES string of the molecule is CC(=O)OCC(=O)Cc1ccc2c(c1)CC(=O)N2.Cc1c(/C=C2\C(=O)Nc3ccc(CC(=O)CO)cc32)[nH]c2c1C(=O)N(CCN(C)C)CCC2.Nc1ccc2c(c1)CC(=O)N2.O=C(CO)Cc1ccc2c(c1)CC(=O)N2. The first kappa shape index (κ1) is 56.1. The number of aryl methyl sites for hydroxylation is 1. The molecule has 0 bridgehead atoms. The van der Waals surface area contributed by atoms with E-state index in [1.54, 1.807) is 48.5 Å². The van der Waals surface area contributed by atoms with E-state index >= 15 is 0 Å². The molecule has 20 heteroatoms. The molecule has 4 aromatic carbocycles. The number of carbonyl (C=O) groups excluding carboxylic acids is 9. The van der Waals surface area contributed by atoms with Crippen LogP contribution in [0, 0.1) is 6.92 Å². The van der Waals surface area contributed by atoms with Gasteiger partial charge in [0.2, 0.25) is 17.7 Å². The number of hydrogen-bond acceptors (Lipinski definition) is 14. The Hall–Kier alpha value is -8.59. The molecule has 0 saturated heterocycles. The van der Waals surface area contributed by atoms with Gasteiger partial charge in [-0.15, -0.1) is 0 Å². The summed E-state index contributed by atoms with van der Waals surface area (Å²) in [6.07, 6.45) is 5.16. The van der Waals surface area contributed by atoms with Crippen LogP contribution in [-0.2, 0) is 88.0 Å². The van der Waals surface area contributed by atoms with Crippen LogP contribution in [0.1, 0.15) is 79.6 Å². The highest BCUT2D eigenvalue weighted by molar-refractivity contribution is 6.35. The number of likely N-dealkylation sites (N-methyl/N-ethyl adjacent to an activating group) is 1. The Bertz CT molecular complexity index is 3210. The number of benzene rings is 4. The Balaban J connectivity index is 0.000000164. The summed E-state index contributed by atoms with van der Waals surface area (Å²) < 4.78 is 4.63. The van der Waals surface area contributed by atoms with Crippen LogP contribution in [0.2, 0.25) is 0 Å². The number of aromatic nitrogens is 1. The van der Waals surface area contributed by atoms with Gasteiger partial charge in [0.1, 0.15) is 19.8 Å². The fraction of sp³-hybridized carbons (Fsp3) is 0.316. The van der Waals surface area contributed by atoms with Crippen molar-refractivity contribution in [3.63, 3.8) is 0 Å². The lowest BCUT2D eigenvalue weighted by molar-refractivity contribution is -0.145. The number of nitrogens with one attached hydrogen (secondary N) is 5. The molecule has 402 valence electrons. The maximum absolute atomic E-state index is 13.3. The lowest BCUT2D eigenvalue weighted by Gasteiger charge is -2.23. The standard InChI is InChI=1S/C25H30N4O4.C13H13NO4.C11H11NO3.C8H8N2O/c1-15-22(26-21-5-4-8-29(10-9-28(2)3)25(33)23(15)21)13-19-18-12-16(11-17(31)14-30)6-7-20(18)27-24(19)32;1-8(15)18-7-11(16)5-9-2-3-12-10(4-9)6-13(17)14-12;13-6-9(14)4-7-1-2-10-8(3-7)5-11(15)12-10;9-6-1-2-7-5(3-6)4-8(11)10-7/h6-7,12-13,26,30H,4-5,8-11,14H2,1-3H3,(H,27,32);2-4H,5-7H2,1H3,(H,14,17);1-3,13H,4-6H2,(H,12,15);1-3H,4,9H2,(H,10,11)/b19-13-;;;. The predicted molar refractivity (Wildman–Crippen MR) is 289 cm³/mol. The number of aliphatic hydroxyl groups is 2. The molecule has 5 aliphatic rings. The molecule has 5 aliphatic heterocycles. The number of carbonyl (C=O) groups is 9. The molecule has 5 amide bonds. The van der Waals surface area contributed by atoms with Crippen molar-refractivity contribution in [3.8, 4) is 0 Å². The van der Waals surface area contributed by atoms with Gasteiger partial charge in [0.25, 0.3) is 11.8 Å². The van der Waals surface area contributed by atoms with Crippen LogP contribution < -0.4 is 27.0 Å². The quantitative estimate of drug-likeness (QED) is 0.0446. The number of H-pyrrole nitrogens is 1. The van der Waals surface area contributed by atoms with Gasteiger partial charge in [0, 0.05) is 91.2 Å². The third-order valence-electron chi connectivity index (χ3n) is 13.0. The van der Waals surface area contributed by atoms with E-state index in [0.29, 0.717) is 53.9 Å². The number of ether oxygens (including phenoxy) is 1. The maximum Gasteiger partial charge on any atom is 0.303 e. The normalized spacial score (nSPS) is 14.9. The van der Waals surface area contributed by atoms with E-state index in [0.717, 1.165) is 93.3 Å². The number of nitrogen functional groups attached to an aromatic ring is 1. The number of nitrogens with zero attached hydrogens (tertiary/aromatic N) is 2. The van der Waals surface area contributed by atoms with Crippen molar-refractivity contribution in [1.29, 1.82) is 0 Å². The fourth-order valence-corrected chi connectivity index (χ4v) is 9.24. The molecule has 0 unspecified atom stereocenters. The largest absolute Gasteiger partial charge is 0.458 e. The highest BCUT2D eigenvalue weighted by Crippen LogP contribution is 2.36. The van der Waals surface area contributed by atoms with Gasteiger partial charge in [0.15, 0.2) is 17.3 Å². The molecule has 0 atom stereocenters. The van der Waals surface area contributed by atoms with Gasteiger partial charge >= 0.3 is 5.97 Å². The summed E-state index contributed by atoms with van der Waals surface area (Å²) in [7, 11) is 3.99. The van der Waals surface area contributed by atoms with Crippen LogP contribution in [0.15, 0.2) is 72.8 Å². The Labute approximate surface area is 444 Å². The fourth-order valence-electron chi connectivity index (χ4n) is 9.24. The van der Waals surface area contributed by atoms with Crippen molar-refractivity contribution in [3.05, 3.63) is 134 Å². The summed E-state index contributed by atoms with van der Waals surface area (Å²) in [6, 6.07) is 21.6. The Morgan fingerprint density at radius 1 is 0.688 bits per heavy atom. The van der Waals surface area contributed by atoms with Gasteiger partial charge < -0.3 is 56.7 Å². The number of anilines is 5. The Kier molecular flexibility index (Phi) is 18.4. The van der Waals surface area contributed by atoms with Gasteiger partial charge in [-0.25, -0.2) is 0 Å². The van der Waals surface area contributed by atoms with Crippen molar-refractivity contribution >= 4 is 92.9 Å². The number of Topliss-reactive ketones (excluding diaryl/α,β-unsaturated/α-hetero) is 3. The van der Waals surface area contributed by atoms with Gasteiger partial charge in [-0.05, 0) is 121 Å². The smallest absolute Gasteiger partial charge is 0.303 e. The van der Waals surface area contributed by atoms with Gasteiger partial charge in [-0.3, -0.25) is 43.2 Å². The second-order valence-electron chi connectivity index (χ2n) is 19.4. The summed E-state index contributed by atoms with van der Waals surface area (Å²) in [5.74, 6) is -1.32. The van der Waals surface area contributed by atoms with Crippen LogP contribution in [-0.4, -0.2) is 131 Å². The zero-order chi connectivity index (χ0) is 55.5. The van der Waals surface area contributed by atoms with Gasteiger partial charge in [0.05, 0.1) is 30.4 Å². The van der Waals surface area contributed by atoms with Crippen LogP contribution in [0.5, 0.6) is 0 Å². The van der Waals surface area contributed by atoms with Crippen molar-refractivity contribution < 1.29 is 58.1 Å². The lowest BCUT2D eigenvalue weighted by atomic mass is 9.99. The van der Waals surface area contributed by atoms with Crippen LogP contribution >= 0.6 is 0 Å². The number of fused-ring (bicyclic) bond motifs is 5. The second kappa shape index (κ2) is 25.3. The van der Waals surface area contributed by atoms with Gasteiger partial charge in [-0.2, -0.15) is 0 Å². The zero-order valence-electron chi connectivity index (χ0n) is 43.4. The van der Waals surface area contributed by atoms with E-state index in [1.165, 1.54) is 6.92 Å². The number of rotatable bonds is 14. The van der Waals surface area contributed by atoms with E-state index in [1.807, 2.05) is 56.3 Å². The molecule has 0 saturated carbocycles. The molecule has 77 heavy (non-hydrogen) atoms. The summed E-state index contributed by atoms with van der Waals surface area (Å²) in [4.78, 5) is 111. The molecular weight excluding hydrogens is 989 g/mol. The number of aliphatic hydroxyl groups excluding tert-OH is 2. The summed E-state index contributed by atoms with van der Waals surface area (Å²) in [5.41, 5.74) is 19.1. The van der Waals surface area contributed by atoms with Gasteiger partial charge in [-0.1, -0.05) is 30.3 Å². The molecule has 6 heterocycles. The van der Waals surface area contributed by atoms with Crippen LogP contribution in [0.3, 0.4) is 0 Å². The first-order chi connectivity index (χ1) is 36.8. The van der Waals surface area contributed by atoms with Crippen LogP contribution in [0.25, 0.3) is 11.6 Å². The number of esters is 1. The van der Waals surface area contributed by atoms with E-state index < -0.39 is 19.2 Å². The molecule has 10 rings (SSSR count). The highest BCUT2D eigenvalue weighted by atomic mass is 16.5. The topological polar surface area (TPSA) is 300 Å². The lowest BCUT2D eigenvalue weighted by Crippen LogP contribution is -2.36.